The summed E-state index contributed by atoms with van der Waals surface area (Å²) in [6.45, 7) is 1.28. The summed E-state index contributed by atoms with van der Waals surface area (Å²) in [4.78, 5) is 4.37. The fraction of sp³-hybridized carbons (Fsp3) is 0.400. The van der Waals surface area contributed by atoms with Crippen molar-refractivity contribution in [3.8, 4) is 11.9 Å². The molecule has 0 radical (unpaired) electrons. The molecule has 4 nitrogen and oxygen atoms in total. The molecule has 24 heavy (non-hydrogen) atoms. The van der Waals surface area contributed by atoms with Gasteiger partial charge in [0.2, 0.25) is 5.88 Å². The van der Waals surface area contributed by atoms with E-state index in [1.165, 1.54) is 37.7 Å². The van der Waals surface area contributed by atoms with Gasteiger partial charge in [-0.2, -0.15) is 5.26 Å². The highest BCUT2D eigenvalue weighted by atomic mass is 16.5. The predicted octanol–water partition coefficient (Wildman–Crippen LogP) is 3.95. The molecule has 1 N–H and O–H groups in total. The fourth-order valence-electron chi connectivity index (χ4n) is 3.06. The molecule has 0 bridgehead atoms. The van der Waals surface area contributed by atoms with Crippen molar-refractivity contribution in [2.24, 2.45) is 0 Å². The van der Waals surface area contributed by atoms with Gasteiger partial charge >= 0.3 is 0 Å². The lowest BCUT2D eigenvalue weighted by Crippen LogP contribution is -2.30. The number of nitrogens with one attached hydrogen (secondary N) is 1. The van der Waals surface area contributed by atoms with E-state index in [9.17, 15) is 0 Å². The zero-order valence-corrected chi connectivity index (χ0v) is 13.9. The number of hydrogen-bond donors (Lipinski definition) is 1. The van der Waals surface area contributed by atoms with E-state index in [1.54, 1.807) is 6.07 Å². The van der Waals surface area contributed by atoms with E-state index in [2.05, 4.69) is 22.4 Å². The van der Waals surface area contributed by atoms with E-state index >= 15 is 0 Å². The molecule has 0 spiro atoms. The summed E-state index contributed by atoms with van der Waals surface area (Å²) in [5, 5.41) is 12.5. The summed E-state index contributed by atoms with van der Waals surface area (Å²) in [6, 6.07) is 14.2. The maximum atomic E-state index is 8.91. The number of ether oxygens (including phenoxy) is 1. The number of hydrogen-bond acceptors (Lipinski definition) is 4. The van der Waals surface area contributed by atoms with Crippen LogP contribution >= 0.6 is 0 Å². The summed E-state index contributed by atoms with van der Waals surface area (Å²) >= 11 is 0. The van der Waals surface area contributed by atoms with E-state index in [1.807, 2.05) is 30.5 Å². The summed E-state index contributed by atoms with van der Waals surface area (Å²) in [5.74, 6) is 0.610. The highest BCUT2D eigenvalue weighted by molar-refractivity contribution is 5.32. The number of pyridine rings is 1. The summed E-state index contributed by atoms with van der Waals surface area (Å²) < 4.78 is 5.70. The van der Waals surface area contributed by atoms with Crippen molar-refractivity contribution in [3.05, 3.63) is 59.3 Å². The maximum Gasteiger partial charge on any atom is 0.213 e. The first-order valence-corrected chi connectivity index (χ1v) is 8.63. The molecule has 4 heteroatoms. The zero-order valence-electron chi connectivity index (χ0n) is 13.9. The quantitative estimate of drug-likeness (QED) is 0.875. The van der Waals surface area contributed by atoms with Gasteiger partial charge in [0.1, 0.15) is 6.61 Å². The maximum absolute atomic E-state index is 8.91. The number of nitriles is 1. The van der Waals surface area contributed by atoms with Crippen LogP contribution in [-0.2, 0) is 13.2 Å². The topological polar surface area (TPSA) is 57.9 Å². The lowest BCUT2D eigenvalue weighted by molar-refractivity contribution is 0.293. The second-order valence-electron chi connectivity index (χ2n) is 6.32. The molecule has 1 aromatic carbocycles. The highest BCUT2D eigenvalue weighted by Crippen LogP contribution is 2.18. The second-order valence-corrected chi connectivity index (χ2v) is 6.32. The Morgan fingerprint density at radius 1 is 1.12 bits per heavy atom. The van der Waals surface area contributed by atoms with Gasteiger partial charge in [-0.3, -0.25) is 0 Å². The lowest BCUT2D eigenvalue weighted by Gasteiger charge is -2.22. The third-order valence-corrected chi connectivity index (χ3v) is 4.44. The molecule has 0 unspecified atom stereocenters. The number of aromatic nitrogens is 1. The minimum absolute atomic E-state index is 0.419. The first-order valence-electron chi connectivity index (χ1n) is 8.63. The Morgan fingerprint density at radius 3 is 2.75 bits per heavy atom. The minimum Gasteiger partial charge on any atom is -0.473 e. The Kier molecular flexibility index (Phi) is 5.81. The summed E-state index contributed by atoms with van der Waals surface area (Å²) in [7, 11) is 0. The van der Waals surface area contributed by atoms with Crippen LogP contribution in [0.5, 0.6) is 5.88 Å². The molecule has 0 atom stereocenters. The summed E-state index contributed by atoms with van der Waals surface area (Å²) in [6.07, 6.45) is 8.51. The fourth-order valence-corrected chi connectivity index (χ4v) is 3.06. The van der Waals surface area contributed by atoms with Gasteiger partial charge in [0, 0.05) is 24.8 Å². The Morgan fingerprint density at radius 2 is 2.00 bits per heavy atom. The molecule has 3 rings (SSSR count). The van der Waals surface area contributed by atoms with Gasteiger partial charge in [0.15, 0.2) is 0 Å². The Hall–Kier alpha value is -2.38. The molecule has 1 heterocycles. The van der Waals surface area contributed by atoms with Crippen molar-refractivity contribution < 1.29 is 4.74 Å². The van der Waals surface area contributed by atoms with Crippen molar-refractivity contribution >= 4 is 0 Å². The van der Waals surface area contributed by atoms with E-state index in [4.69, 9.17) is 10.00 Å². The SMILES string of the molecule is N#Cc1cccc(COc2ccc(CNC3CCCCC3)cn2)c1. The van der Waals surface area contributed by atoms with Gasteiger partial charge in [-0.05, 0) is 36.1 Å². The number of rotatable bonds is 6. The number of nitrogens with zero attached hydrogens (tertiary/aromatic N) is 2. The zero-order chi connectivity index (χ0) is 16.6. The van der Waals surface area contributed by atoms with Crippen molar-refractivity contribution in [1.82, 2.24) is 10.3 Å². The molecule has 0 amide bonds. The van der Waals surface area contributed by atoms with Crippen molar-refractivity contribution in [3.63, 3.8) is 0 Å². The first kappa shape index (κ1) is 16.5. The van der Waals surface area contributed by atoms with Gasteiger partial charge < -0.3 is 10.1 Å². The van der Waals surface area contributed by atoms with Crippen molar-refractivity contribution in [2.45, 2.75) is 51.3 Å². The van der Waals surface area contributed by atoms with Crippen molar-refractivity contribution in [1.29, 1.82) is 5.26 Å². The monoisotopic (exact) mass is 321 g/mol. The average molecular weight is 321 g/mol. The Bertz CT molecular complexity index is 685. The lowest BCUT2D eigenvalue weighted by atomic mass is 9.95. The van der Waals surface area contributed by atoms with Crippen LogP contribution in [0.25, 0.3) is 0 Å². The molecule has 1 aliphatic rings. The summed E-state index contributed by atoms with van der Waals surface area (Å²) in [5.41, 5.74) is 2.80. The van der Waals surface area contributed by atoms with Gasteiger partial charge in [-0.25, -0.2) is 4.98 Å². The van der Waals surface area contributed by atoms with Crippen LogP contribution in [0, 0.1) is 11.3 Å². The second kappa shape index (κ2) is 8.47. The molecule has 0 aliphatic heterocycles. The third-order valence-electron chi connectivity index (χ3n) is 4.44. The van der Waals surface area contributed by atoms with Crippen LogP contribution in [-0.4, -0.2) is 11.0 Å². The van der Waals surface area contributed by atoms with Gasteiger partial charge in [0.05, 0.1) is 11.6 Å². The smallest absolute Gasteiger partial charge is 0.213 e. The van der Waals surface area contributed by atoms with Gasteiger partial charge in [0.25, 0.3) is 0 Å². The van der Waals surface area contributed by atoms with E-state index in [0.29, 0.717) is 24.1 Å². The third kappa shape index (κ3) is 4.81. The molecule has 0 saturated heterocycles. The van der Waals surface area contributed by atoms with Crippen LogP contribution in [0.2, 0.25) is 0 Å². The van der Waals surface area contributed by atoms with Gasteiger partial charge in [-0.1, -0.05) is 37.5 Å². The van der Waals surface area contributed by atoms with E-state index in [-0.39, 0.29) is 0 Å². The Balaban J connectivity index is 1.48. The molecular weight excluding hydrogens is 298 g/mol. The molecule has 1 saturated carbocycles. The van der Waals surface area contributed by atoms with Crippen molar-refractivity contribution in [2.75, 3.05) is 0 Å². The molecule has 124 valence electrons. The Labute approximate surface area is 143 Å². The first-order chi connectivity index (χ1) is 11.8. The van der Waals surface area contributed by atoms with Gasteiger partial charge in [-0.15, -0.1) is 0 Å². The minimum atomic E-state index is 0.419. The van der Waals surface area contributed by atoms with Crippen LogP contribution < -0.4 is 10.1 Å². The van der Waals surface area contributed by atoms with E-state index in [0.717, 1.165) is 12.1 Å². The van der Waals surface area contributed by atoms with Crippen LogP contribution in [0.4, 0.5) is 0 Å². The number of benzene rings is 1. The molecular formula is C20H23N3O. The predicted molar refractivity (Wildman–Crippen MR) is 93.4 cm³/mol. The highest BCUT2D eigenvalue weighted by Gasteiger charge is 2.12. The van der Waals surface area contributed by atoms with Crippen LogP contribution in [0.1, 0.15) is 48.8 Å². The van der Waals surface area contributed by atoms with E-state index < -0.39 is 0 Å². The standard InChI is InChI=1S/C20H23N3O/c21-12-16-5-4-6-17(11-16)15-24-20-10-9-18(14-23-20)13-22-19-7-2-1-3-8-19/h4-6,9-11,14,19,22H,1-3,7-8,13,15H2. The molecule has 1 aliphatic carbocycles. The average Bonchev–Trinajstić information content (AvgIpc) is 2.66. The van der Waals surface area contributed by atoms with Crippen LogP contribution in [0.15, 0.2) is 42.6 Å². The molecule has 1 fully saturated rings. The molecule has 2 aromatic rings. The van der Waals surface area contributed by atoms with Crippen LogP contribution in [0.3, 0.4) is 0 Å². The molecule has 1 aromatic heterocycles. The normalized spacial score (nSPS) is 15.0. The largest absolute Gasteiger partial charge is 0.473 e.